The summed E-state index contributed by atoms with van der Waals surface area (Å²) >= 11 is 6.18. The molecule has 1 saturated heterocycles. The van der Waals surface area contributed by atoms with Gasteiger partial charge in [0.15, 0.2) is 17.3 Å². The van der Waals surface area contributed by atoms with Crippen molar-refractivity contribution in [1.29, 1.82) is 0 Å². The van der Waals surface area contributed by atoms with Crippen molar-refractivity contribution in [3.63, 3.8) is 0 Å². The molecular formula is C25H21ClF3N5O2. The fraction of sp³-hybridized carbons (Fsp3) is 0.360. The quantitative estimate of drug-likeness (QED) is 0.345. The highest BCUT2D eigenvalue weighted by Gasteiger charge is 2.31. The second-order valence-corrected chi connectivity index (χ2v) is 9.71. The highest BCUT2D eigenvalue weighted by molar-refractivity contribution is 6.31. The summed E-state index contributed by atoms with van der Waals surface area (Å²) in [6.07, 6.45) is 8.50. The number of hydrogen-bond acceptors (Lipinski definition) is 5. The first-order chi connectivity index (χ1) is 17.3. The average Bonchev–Trinajstić information content (AvgIpc) is 3.61. The number of halogens is 4. The lowest BCUT2D eigenvalue weighted by atomic mass is 9.90. The van der Waals surface area contributed by atoms with E-state index in [2.05, 4.69) is 15.1 Å². The summed E-state index contributed by atoms with van der Waals surface area (Å²) in [5.41, 5.74) is 0.747. The van der Waals surface area contributed by atoms with Crippen molar-refractivity contribution in [2.75, 3.05) is 6.61 Å². The van der Waals surface area contributed by atoms with E-state index >= 15 is 0 Å². The fourth-order valence-electron chi connectivity index (χ4n) is 4.68. The topological polar surface area (TPSA) is 74.3 Å². The monoisotopic (exact) mass is 515 g/mol. The molecule has 36 heavy (non-hydrogen) atoms. The summed E-state index contributed by atoms with van der Waals surface area (Å²) < 4.78 is 51.8. The van der Waals surface area contributed by atoms with Gasteiger partial charge in [0, 0.05) is 42.1 Å². The molecule has 1 aliphatic carbocycles. The van der Waals surface area contributed by atoms with Gasteiger partial charge in [-0.2, -0.15) is 5.10 Å². The molecule has 1 aromatic carbocycles. The van der Waals surface area contributed by atoms with Gasteiger partial charge < -0.3 is 4.74 Å². The minimum Gasteiger partial charge on any atom is -0.373 e. The number of aromatic nitrogens is 5. The van der Waals surface area contributed by atoms with E-state index in [4.69, 9.17) is 16.3 Å². The van der Waals surface area contributed by atoms with Crippen LogP contribution in [0.5, 0.6) is 0 Å². The molecule has 4 aromatic rings. The Morgan fingerprint density at radius 1 is 1.06 bits per heavy atom. The molecule has 3 aromatic heterocycles. The van der Waals surface area contributed by atoms with Crippen LogP contribution in [0.1, 0.15) is 60.7 Å². The van der Waals surface area contributed by atoms with Gasteiger partial charge in [-0.25, -0.2) is 23.1 Å². The van der Waals surface area contributed by atoms with E-state index in [0.717, 1.165) is 24.5 Å². The molecule has 11 heteroatoms. The van der Waals surface area contributed by atoms with Crippen LogP contribution in [0.4, 0.5) is 13.2 Å². The summed E-state index contributed by atoms with van der Waals surface area (Å²) in [5, 5.41) is 4.36. The summed E-state index contributed by atoms with van der Waals surface area (Å²) in [4.78, 5) is 22.0. The Bertz CT molecular complexity index is 1570. The van der Waals surface area contributed by atoms with Crippen molar-refractivity contribution in [1.82, 2.24) is 24.1 Å². The van der Waals surface area contributed by atoms with E-state index in [1.807, 2.05) is 10.9 Å². The van der Waals surface area contributed by atoms with Gasteiger partial charge in [0.2, 0.25) is 0 Å². The Morgan fingerprint density at radius 3 is 2.61 bits per heavy atom. The molecule has 0 radical (unpaired) electrons. The Balaban J connectivity index is 1.47. The van der Waals surface area contributed by atoms with Crippen LogP contribution in [0.15, 0.2) is 35.5 Å². The number of ether oxygens (including phenoxy) is 1. The second-order valence-electron chi connectivity index (χ2n) is 9.34. The predicted octanol–water partition coefficient (Wildman–Crippen LogP) is 5.30. The molecule has 0 bridgehead atoms. The standard InChI is InChI=1S/C25H21ClF3N5O2/c1-12-22(26)25(35)33-11-20(32-23(24(33)31-12)16-7-18(28)19(29)8-17(16)27)13-4-5-36-21(6-13)14-9-30-34(10-14)15-2-3-15/h7-11,13,15,21H,2-6H2,1H3/t13-,21+/m1/s1. The number of aryl methyl sites for hydroxylation is 1. The zero-order valence-electron chi connectivity index (χ0n) is 19.2. The maximum atomic E-state index is 14.8. The van der Waals surface area contributed by atoms with Crippen molar-refractivity contribution < 1.29 is 17.9 Å². The molecule has 0 N–H and O–H groups in total. The van der Waals surface area contributed by atoms with E-state index in [9.17, 15) is 18.0 Å². The van der Waals surface area contributed by atoms with Crippen LogP contribution in [0.3, 0.4) is 0 Å². The van der Waals surface area contributed by atoms with Crippen LogP contribution in [0, 0.1) is 24.4 Å². The van der Waals surface area contributed by atoms with Gasteiger partial charge in [0.05, 0.1) is 29.7 Å². The highest BCUT2D eigenvalue weighted by Crippen LogP contribution is 2.40. The first-order valence-electron chi connectivity index (χ1n) is 11.7. The van der Waals surface area contributed by atoms with Crippen LogP contribution in [-0.2, 0) is 4.74 Å². The maximum absolute atomic E-state index is 14.8. The number of rotatable bonds is 4. The minimum absolute atomic E-state index is 0.00452. The molecule has 1 aliphatic heterocycles. The van der Waals surface area contributed by atoms with E-state index in [1.54, 1.807) is 6.20 Å². The molecule has 1 saturated carbocycles. The molecule has 2 aliphatic rings. The van der Waals surface area contributed by atoms with E-state index in [-0.39, 0.29) is 39.6 Å². The molecule has 0 spiro atoms. The summed E-state index contributed by atoms with van der Waals surface area (Å²) in [6.45, 7) is 1.98. The van der Waals surface area contributed by atoms with Gasteiger partial charge in [-0.05, 0) is 38.7 Å². The minimum atomic E-state index is -1.32. The molecule has 2 atom stereocenters. The molecule has 186 valence electrons. The van der Waals surface area contributed by atoms with Crippen LogP contribution >= 0.6 is 11.6 Å². The second kappa shape index (κ2) is 8.70. The van der Waals surface area contributed by atoms with Crippen LogP contribution in [-0.4, -0.2) is 30.8 Å². The van der Waals surface area contributed by atoms with Crippen molar-refractivity contribution >= 4 is 17.2 Å². The molecule has 6 rings (SSSR count). The van der Waals surface area contributed by atoms with Gasteiger partial charge >= 0.3 is 0 Å². The van der Waals surface area contributed by atoms with Crippen molar-refractivity contribution in [2.45, 2.75) is 50.7 Å². The fourth-order valence-corrected chi connectivity index (χ4v) is 4.82. The van der Waals surface area contributed by atoms with Crippen molar-refractivity contribution in [3.05, 3.63) is 80.5 Å². The van der Waals surface area contributed by atoms with Gasteiger partial charge in [0.1, 0.15) is 16.5 Å². The van der Waals surface area contributed by atoms with Gasteiger partial charge in [-0.3, -0.25) is 13.9 Å². The Kier molecular flexibility index (Phi) is 5.60. The predicted molar refractivity (Wildman–Crippen MR) is 125 cm³/mol. The summed E-state index contributed by atoms with van der Waals surface area (Å²) in [7, 11) is 0. The van der Waals surface area contributed by atoms with Crippen molar-refractivity contribution in [2.24, 2.45) is 0 Å². The third-order valence-corrected chi connectivity index (χ3v) is 7.26. The van der Waals surface area contributed by atoms with Gasteiger partial charge in [-0.1, -0.05) is 11.6 Å². The number of nitrogens with zero attached hydrogens (tertiary/aromatic N) is 5. The normalized spacial score (nSPS) is 20.2. The molecule has 4 heterocycles. The first kappa shape index (κ1) is 23.2. The van der Waals surface area contributed by atoms with Crippen molar-refractivity contribution in [3.8, 4) is 11.3 Å². The lowest BCUT2D eigenvalue weighted by molar-refractivity contribution is 0.00454. The number of fused-ring (bicyclic) bond motifs is 1. The zero-order valence-corrected chi connectivity index (χ0v) is 20.0. The number of benzene rings is 1. The van der Waals surface area contributed by atoms with Gasteiger partial charge in [0.25, 0.3) is 5.56 Å². The van der Waals surface area contributed by atoms with E-state index in [0.29, 0.717) is 37.3 Å². The van der Waals surface area contributed by atoms with E-state index in [1.165, 1.54) is 17.5 Å². The summed E-state index contributed by atoms with van der Waals surface area (Å²) in [5.74, 6) is -3.72. The lowest BCUT2D eigenvalue weighted by Crippen LogP contribution is -2.23. The maximum Gasteiger partial charge on any atom is 0.277 e. The van der Waals surface area contributed by atoms with Gasteiger partial charge in [-0.15, -0.1) is 0 Å². The molecular weight excluding hydrogens is 495 g/mol. The average molecular weight is 516 g/mol. The molecule has 0 unspecified atom stereocenters. The summed E-state index contributed by atoms with van der Waals surface area (Å²) in [6, 6.07) is 1.63. The third kappa shape index (κ3) is 3.98. The largest absolute Gasteiger partial charge is 0.373 e. The zero-order chi connectivity index (χ0) is 25.1. The Hall–Kier alpha value is -3.24. The molecule has 0 amide bonds. The van der Waals surface area contributed by atoms with Crippen LogP contribution < -0.4 is 5.56 Å². The molecule has 7 nitrogen and oxygen atoms in total. The lowest BCUT2D eigenvalue weighted by Gasteiger charge is -2.29. The highest BCUT2D eigenvalue weighted by atomic mass is 35.5. The Morgan fingerprint density at radius 2 is 1.83 bits per heavy atom. The van der Waals surface area contributed by atoms with Crippen LogP contribution in [0.2, 0.25) is 5.02 Å². The van der Waals surface area contributed by atoms with Crippen LogP contribution in [0.25, 0.3) is 16.9 Å². The first-order valence-corrected chi connectivity index (χ1v) is 12.1. The smallest absolute Gasteiger partial charge is 0.277 e. The third-order valence-electron chi connectivity index (χ3n) is 6.82. The molecule has 2 fully saturated rings. The van der Waals surface area contributed by atoms with E-state index < -0.39 is 23.0 Å². The SMILES string of the molecule is Cc1nc2c(-c3cc(F)c(F)cc3F)nc([C@@H]3CCO[C@H](c4cnn(C5CC5)c4)C3)cn2c(=O)c1Cl. The Labute approximate surface area is 208 Å². The number of hydrogen-bond donors (Lipinski definition) is 0.